The molecule has 0 saturated heterocycles. The lowest BCUT2D eigenvalue weighted by Crippen LogP contribution is -2.46. The van der Waals surface area contributed by atoms with Crippen LogP contribution in [0, 0.1) is 6.92 Å². The molecule has 0 aliphatic heterocycles. The van der Waals surface area contributed by atoms with Crippen molar-refractivity contribution < 1.29 is 9.59 Å². The predicted octanol–water partition coefficient (Wildman–Crippen LogP) is 3.52. The molecule has 148 valence electrons. The molecule has 1 N–H and O–H groups in total. The SMILES string of the molecule is Cc1ccc(NC(=O)N(CC(=O)N(Cc2cccn2C)C2CC2)C2CC2)cc1. The molecule has 1 aromatic carbocycles. The van der Waals surface area contributed by atoms with E-state index in [1.54, 1.807) is 4.90 Å². The Morgan fingerprint density at radius 1 is 1.04 bits per heavy atom. The Labute approximate surface area is 166 Å². The Morgan fingerprint density at radius 3 is 2.25 bits per heavy atom. The van der Waals surface area contributed by atoms with Crippen LogP contribution in [0.1, 0.15) is 36.9 Å². The second kappa shape index (κ2) is 7.70. The molecular weight excluding hydrogens is 352 g/mol. The third-order valence-corrected chi connectivity index (χ3v) is 5.55. The number of urea groups is 1. The molecule has 0 atom stereocenters. The summed E-state index contributed by atoms with van der Waals surface area (Å²) in [6.07, 6.45) is 6.03. The first kappa shape index (κ1) is 18.6. The highest BCUT2D eigenvalue weighted by Crippen LogP contribution is 2.31. The van der Waals surface area contributed by atoms with Crippen molar-refractivity contribution in [2.75, 3.05) is 11.9 Å². The van der Waals surface area contributed by atoms with E-state index in [2.05, 4.69) is 5.32 Å². The molecule has 1 heterocycles. The number of amides is 3. The van der Waals surface area contributed by atoms with Gasteiger partial charge < -0.3 is 19.7 Å². The van der Waals surface area contributed by atoms with E-state index in [0.29, 0.717) is 12.6 Å². The van der Waals surface area contributed by atoms with E-state index >= 15 is 0 Å². The van der Waals surface area contributed by atoms with Crippen molar-refractivity contribution in [3.63, 3.8) is 0 Å². The van der Waals surface area contributed by atoms with Crippen molar-refractivity contribution in [3.05, 3.63) is 53.9 Å². The Bertz CT molecular complexity index is 850. The van der Waals surface area contributed by atoms with Gasteiger partial charge in [0.15, 0.2) is 0 Å². The maximum Gasteiger partial charge on any atom is 0.322 e. The normalized spacial score (nSPS) is 15.9. The number of hydrogen-bond acceptors (Lipinski definition) is 2. The highest BCUT2D eigenvalue weighted by Gasteiger charge is 2.38. The molecule has 2 fully saturated rings. The van der Waals surface area contributed by atoms with E-state index in [9.17, 15) is 9.59 Å². The summed E-state index contributed by atoms with van der Waals surface area (Å²) in [5.41, 5.74) is 3.02. The topological polar surface area (TPSA) is 57.6 Å². The molecule has 0 spiro atoms. The highest BCUT2D eigenvalue weighted by molar-refractivity contribution is 5.93. The van der Waals surface area contributed by atoms with Gasteiger partial charge in [-0.25, -0.2) is 4.79 Å². The molecule has 2 aromatic rings. The number of carbonyl (C=O) groups is 2. The van der Waals surface area contributed by atoms with E-state index in [4.69, 9.17) is 0 Å². The lowest BCUT2D eigenvalue weighted by atomic mass is 10.2. The summed E-state index contributed by atoms with van der Waals surface area (Å²) in [6, 6.07) is 12.1. The van der Waals surface area contributed by atoms with Crippen molar-refractivity contribution in [1.29, 1.82) is 0 Å². The van der Waals surface area contributed by atoms with Crippen molar-refractivity contribution in [3.8, 4) is 0 Å². The summed E-state index contributed by atoms with van der Waals surface area (Å²) in [6.45, 7) is 2.76. The fourth-order valence-electron chi connectivity index (χ4n) is 3.46. The van der Waals surface area contributed by atoms with Crippen molar-refractivity contribution >= 4 is 17.6 Å². The van der Waals surface area contributed by atoms with Crippen LogP contribution in [0.2, 0.25) is 0 Å². The van der Waals surface area contributed by atoms with Gasteiger partial charge in [0, 0.05) is 36.7 Å². The molecule has 4 rings (SSSR count). The summed E-state index contributed by atoms with van der Waals surface area (Å²) in [5, 5.41) is 2.95. The number of anilines is 1. The Hall–Kier alpha value is -2.76. The van der Waals surface area contributed by atoms with Crippen molar-refractivity contribution in [1.82, 2.24) is 14.4 Å². The molecular formula is C22H28N4O2. The molecule has 0 bridgehead atoms. The Kier molecular flexibility index (Phi) is 5.11. The minimum Gasteiger partial charge on any atom is -0.353 e. The van der Waals surface area contributed by atoms with Gasteiger partial charge in [-0.1, -0.05) is 17.7 Å². The molecule has 28 heavy (non-hydrogen) atoms. The minimum absolute atomic E-state index is 0.0367. The number of nitrogens with one attached hydrogen (secondary N) is 1. The quantitative estimate of drug-likeness (QED) is 0.799. The molecule has 6 heteroatoms. The number of nitrogens with zero attached hydrogens (tertiary/aromatic N) is 3. The molecule has 2 aliphatic carbocycles. The Morgan fingerprint density at radius 2 is 1.68 bits per heavy atom. The zero-order valence-electron chi connectivity index (χ0n) is 16.6. The lowest BCUT2D eigenvalue weighted by Gasteiger charge is -2.28. The minimum atomic E-state index is -0.186. The lowest BCUT2D eigenvalue weighted by molar-refractivity contribution is -0.133. The fourth-order valence-corrected chi connectivity index (χ4v) is 3.46. The number of hydrogen-bond donors (Lipinski definition) is 1. The first-order valence-electron chi connectivity index (χ1n) is 10.1. The van der Waals surface area contributed by atoms with Gasteiger partial charge in [0.2, 0.25) is 5.91 Å². The maximum absolute atomic E-state index is 13.1. The summed E-state index contributed by atoms with van der Waals surface area (Å²) < 4.78 is 2.05. The zero-order chi connectivity index (χ0) is 19.7. The standard InChI is InChI=1S/C22H28N4O2/c1-16-5-7-17(8-6-16)23-22(28)26(19-11-12-19)15-21(27)25(18-9-10-18)14-20-4-3-13-24(20)2/h3-8,13,18-19H,9-12,14-15H2,1-2H3,(H,23,28). The van der Waals surface area contributed by atoms with Crippen LogP contribution in [-0.2, 0) is 18.4 Å². The molecule has 6 nitrogen and oxygen atoms in total. The van der Waals surface area contributed by atoms with E-state index in [1.807, 2.05) is 66.0 Å². The second-order valence-electron chi connectivity index (χ2n) is 8.02. The van der Waals surface area contributed by atoms with Gasteiger partial charge in [-0.15, -0.1) is 0 Å². The summed E-state index contributed by atoms with van der Waals surface area (Å²) in [5.74, 6) is 0.0367. The third-order valence-electron chi connectivity index (χ3n) is 5.55. The first-order valence-corrected chi connectivity index (χ1v) is 10.1. The molecule has 3 amide bonds. The number of aromatic nitrogens is 1. The van der Waals surface area contributed by atoms with Crippen molar-refractivity contribution in [2.45, 2.75) is 51.2 Å². The van der Waals surface area contributed by atoms with E-state index < -0.39 is 0 Å². The largest absolute Gasteiger partial charge is 0.353 e. The third kappa shape index (κ3) is 4.38. The van der Waals surface area contributed by atoms with Crippen molar-refractivity contribution in [2.24, 2.45) is 7.05 Å². The van der Waals surface area contributed by atoms with Gasteiger partial charge in [0.1, 0.15) is 6.54 Å². The van der Waals surface area contributed by atoms with E-state index in [1.165, 1.54) is 0 Å². The molecule has 0 radical (unpaired) electrons. The number of aryl methyl sites for hydroxylation is 2. The van der Waals surface area contributed by atoms with Gasteiger partial charge >= 0.3 is 6.03 Å². The van der Waals surface area contributed by atoms with E-state index in [-0.39, 0.29) is 24.5 Å². The smallest absolute Gasteiger partial charge is 0.322 e. The molecule has 0 unspecified atom stereocenters. The molecule has 1 aromatic heterocycles. The monoisotopic (exact) mass is 380 g/mol. The average molecular weight is 380 g/mol. The van der Waals surface area contributed by atoms with Crippen LogP contribution in [-0.4, -0.2) is 44.9 Å². The van der Waals surface area contributed by atoms with Crippen LogP contribution in [0.3, 0.4) is 0 Å². The summed E-state index contributed by atoms with van der Waals surface area (Å²) in [4.78, 5) is 29.6. The number of benzene rings is 1. The average Bonchev–Trinajstić information content (AvgIpc) is 3.59. The zero-order valence-corrected chi connectivity index (χ0v) is 16.6. The first-order chi connectivity index (χ1) is 13.5. The summed E-state index contributed by atoms with van der Waals surface area (Å²) in [7, 11) is 2.00. The van der Waals surface area contributed by atoms with Gasteiger partial charge in [-0.05, 0) is 56.9 Å². The molecule has 2 saturated carbocycles. The van der Waals surface area contributed by atoms with Gasteiger partial charge in [-0.2, -0.15) is 0 Å². The highest BCUT2D eigenvalue weighted by atomic mass is 16.2. The van der Waals surface area contributed by atoms with Crippen LogP contribution in [0.15, 0.2) is 42.6 Å². The van der Waals surface area contributed by atoms with Crippen LogP contribution < -0.4 is 5.32 Å². The van der Waals surface area contributed by atoms with Crippen LogP contribution in [0.4, 0.5) is 10.5 Å². The second-order valence-corrected chi connectivity index (χ2v) is 8.02. The van der Waals surface area contributed by atoms with Crippen LogP contribution >= 0.6 is 0 Å². The maximum atomic E-state index is 13.1. The van der Waals surface area contributed by atoms with Crippen LogP contribution in [0.25, 0.3) is 0 Å². The summed E-state index contributed by atoms with van der Waals surface area (Å²) >= 11 is 0. The van der Waals surface area contributed by atoms with Gasteiger partial charge in [0.25, 0.3) is 0 Å². The predicted molar refractivity (Wildman–Crippen MR) is 109 cm³/mol. The number of carbonyl (C=O) groups excluding carboxylic acids is 2. The molecule has 2 aliphatic rings. The fraction of sp³-hybridized carbons (Fsp3) is 0.455. The van der Waals surface area contributed by atoms with Gasteiger partial charge in [-0.3, -0.25) is 4.79 Å². The van der Waals surface area contributed by atoms with Gasteiger partial charge in [0.05, 0.1) is 6.54 Å². The Balaban J connectivity index is 1.42. The van der Waals surface area contributed by atoms with E-state index in [0.717, 1.165) is 42.6 Å². The van der Waals surface area contributed by atoms with Crippen LogP contribution in [0.5, 0.6) is 0 Å². The number of rotatable bonds is 7.